The highest BCUT2D eigenvalue weighted by Gasteiger charge is 2.28. The van der Waals surface area contributed by atoms with Crippen LogP contribution in [0.15, 0.2) is 0 Å². The van der Waals surface area contributed by atoms with Crippen molar-refractivity contribution in [3.8, 4) is 0 Å². The SMILES string of the molecule is CC(C)(CCCS(=O)CCCC(C)(C)OP(N)(=O)O)OP(N)(=O)O. The van der Waals surface area contributed by atoms with Crippen molar-refractivity contribution >= 4 is 26.3 Å². The fourth-order valence-electron chi connectivity index (χ4n) is 2.22. The molecule has 0 amide bonds. The molecule has 0 saturated heterocycles. The average molecular weight is 408 g/mol. The summed E-state index contributed by atoms with van der Waals surface area (Å²) in [6.07, 6.45) is 1.98. The van der Waals surface area contributed by atoms with Crippen molar-refractivity contribution in [2.45, 2.75) is 64.6 Å². The third-order valence-corrected chi connectivity index (χ3v) is 6.06. The molecule has 0 aromatic heterocycles. The van der Waals surface area contributed by atoms with Gasteiger partial charge in [0.2, 0.25) is 0 Å². The molecule has 24 heavy (non-hydrogen) atoms. The fraction of sp³-hybridized carbons (Fsp3) is 1.00. The Hall–Kier alpha value is 0.370. The van der Waals surface area contributed by atoms with Gasteiger partial charge in [0.1, 0.15) is 0 Å². The average Bonchev–Trinajstić information content (AvgIpc) is 2.20. The number of nitrogens with two attached hydrogens (primary N) is 2. The van der Waals surface area contributed by atoms with Crippen molar-refractivity contribution in [1.82, 2.24) is 0 Å². The first-order chi connectivity index (χ1) is 10.5. The van der Waals surface area contributed by atoms with Crippen molar-refractivity contribution in [1.29, 1.82) is 0 Å². The van der Waals surface area contributed by atoms with Crippen LogP contribution in [0.4, 0.5) is 0 Å². The van der Waals surface area contributed by atoms with Gasteiger partial charge in [-0.25, -0.2) is 20.1 Å². The van der Waals surface area contributed by atoms with Gasteiger partial charge in [0.15, 0.2) is 0 Å². The van der Waals surface area contributed by atoms with E-state index < -0.39 is 37.5 Å². The van der Waals surface area contributed by atoms with Gasteiger partial charge in [-0.2, -0.15) is 0 Å². The monoisotopic (exact) mass is 408 g/mol. The third-order valence-electron chi connectivity index (χ3n) is 3.06. The maximum atomic E-state index is 12.0. The molecule has 0 fully saturated rings. The molecule has 0 bridgehead atoms. The molecule has 0 radical (unpaired) electrons. The molecule has 2 atom stereocenters. The first-order valence-corrected chi connectivity index (χ1v) is 12.3. The Labute approximate surface area is 146 Å². The Morgan fingerprint density at radius 3 is 1.42 bits per heavy atom. The second-order valence-electron chi connectivity index (χ2n) is 6.89. The first kappa shape index (κ1) is 24.4. The molecule has 0 aromatic carbocycles. The summed E-state index contributed by atoms with van der Waals surface area (Å²) in [7, 11) is -9.17. The lowest BCUT2D eigenvalue weighted by atomic mass is 10.0. The summed E-state index contributed by atoms with van der Waals surface area (Å²) in [4.78, 5) is 18.1. The lowest BCUT2D eigenvalue weighted by Crippen LogP contribution is -2.26. The minimum atomic E-state index is -4.05. The van der Waals surface area contributed by atoms with E-state index in [1.807, 2.05) is 0 Å². The predicted octanol–water partition coefficient (Wildman–Crippen LogP) is 2.00. The van der Waals surface area contributed by atoms with E-state index in [0.29, 0.717) is 37.2 Å². The Bertz CT molecular complexity index is 472. The normalized spacial score (nSPS) is 19.5. The van der Waals surface area contributed by atoms with Crippen LogP contribution >= 0.6 is 15.5 Å². The Morgan fingerprint density at radius 1 is 0.875 bits per heavy atom. The molecule has 0 heterocycles. The lowest BCUT2D eigenvalue weighted by Gasteiger charge is -2.26. The molecule has 0 aromatic rings. The highest BCUT2D eigenvalue weighted by molar-refractivity contribution is 7.84. The minimum absolute atomic E-state index is 0.420. The van der Waals surface area contributed by atoms with Crippen LogP contribution in [0.5, 0.6) is 0 Å². The molecular weight excluding hydrogens is 378 g/mol. The van der Waals surface area contributed by atoms with Gasteiger partial charge in [0.25, 0.3) is 0 Å². The second-order valence-corrected chi connectivity index (χ2v) is 11.2. The Kier molecular flexibility index (Phi) is 9.49. The van der Waals surface area contributed by atoms with Gasteiger partial charge in [0.05, 0.1) is 11.2 Å². The van der Waals surface area contributed by atoms with E-state index in [9.17, 15) is 13.3 Å². The van der Waals surface area contributed by atoms with Crippen LogP contribution in [0.3, 0.4) is 0 Å². The summed E-state index contributed by atoms with van der Waals surface area (Å²) in [5.74, 6) is 0.841. The van der Waals surface area contributed by atoms with Crippen LogP contribution in [0.1, 0.15) is 53.4 Å². The van der Waals surface area contributed by atoms with Crippen molar-refractivity contribution in [3.05, 3.63) is 0 Å². The van der Waals surface area contributed by atoms with Gasteiger partial charge in [-0.3, -0.25) is 13.3 Å². The summed E-state index contributed by atoms with van der Waals surface area (Å²) in [5.41, 5.74) is 8.20. The summed E-state index contributed by atoms with van der Waals surface area (Å²) in [6.45, 7) is 6.58. The van der Waals surface area contributed by atoms with Gasteiger partial charge in [-0.1, -0.05) is 0 Å². The second kappa shape index (κ2) is 9.35. The lowest BCUT2D eigenvalue weighted by molar-refractivity contribution is 0.0824. The van der Waals surface area contributed by atoms with Crippen LogP contribution < -0.4 is 11.0 Å². The molecule has 9 nitrogen and oxygen atoms in total. The zero-order chi connectivity index (χ0) is 19.2. The van der Waals surface area contributed by atoms with Crippen LogP contribution in [0, 0.1) is 0 Å². The van der Waals surface area contributed by atoms with E-state index in [1.165, 1.54) is 0 Å². The zero-order valence-corrected chi connectivity index (χ0v) is 17.2. The molecule has 0 aliphatic heterocycles. The quantitative estimate of drug-likeness (QED) is 0.354. The maximum absolute atomic E-state index is 12.0. The largest absolute Gasteiger partial charge is 0.400 e. The van der Waals surface area contributed by atoms with E-state index in [0.717, 1.165) is 0 Å². The molecule has 0 saturated carbocycles. The standard InChI is InChI=1S/C12H30N2O7P2S/c1-11(2,20-22(13,15)16)7-5-9-24(19)10-6-8-12(3,4)21-23(14,17)18/h5-10H2,1-4H3,(H3,13,15,16)(H3,14,17,18). The number of hydrogen-bond donors (Lipinski definition) is 4. The molecule has 2 unspecified atom stereocenters. The molecular formula is C12H30N2O7P2S. The Morgan fingerprint density at radius 2 is 1.17 bits per heavy atom. The summed E-state index contributed by atoms with van der Waals surface area (Å²) >= 11 is 0. The molecule has 0 aliphatic carbocycles. The molecule has 12 heteroatoms. The molecule has 6 N–H and O–H groups in total. The predicted molar refractivity (Wildman–Crippen MR) is 94.7 cm³/mol. The van der Waals surface area contributed by atoms with E-state index in [1.54, 1.807) is 27.7 Å². The summed E-state index contributed by atoms with van der Waals surface area (Å²) in [5, 5.41) is 0. The Balaban J connectivity index is 4.08. The van der Waals surface area contributed by atoms with Crippen molar-refractivity contribution in [3.63, 3.8) is 0 Å². The van der Waals surface area contributed by atoms with E-state index in [4.69, 9.17) is 29.8 Å². The van der Waals surface area contributed by atoms with E-state index >= 15 is 0 Å². The smallest absolute Gasteiger partial charge is 0.313 e. The van der Waals surface area contributed by atoms with Crippen LogP contribution in [-0.4, -0.2) is 36.7 Å². The number of hydrogen-bond acceptors (Lipinski definition) is 5. The maximum Gasteiger partial charge on any atom is 0.400 e. The van der Waals surface area contributed by atoms with E-state index in [-0.39, 0.29) is 0 Å². The molecule has 146 valence electrons. The van der Waals surface area contributed by atoms with Crippen LogP contribution in [-0.2, 0) is 29.0 Å². The summed E-state index contributed by atoms with van der Waals surface area (Å²) in [6, 6.07) is 0. The fourth-order valence-corrected chi connectivity index (χ4v) is 4.95. The molecule has 0 aliphatic rings. The van der Waals surface area contributed by atoms with Gasteiger partial charge < -0.3 is 9.79 Å². The molecule has 0 rings (SSSR count). The van der Waals surface area contributed by atoms with Crippen molar-refractivity contribution in [2.75, 3.05) is 11.5 Å². The summed E-state index contributed by atoms with van der Waals surface area (Å²) < 4.78 is 43.8. The number of rotatable bonds is 12. The molecule has 0 spiro atoms. The van der Waals surface area contributed by atoms with Crippen LogP contribution in [0.25, 0.3) is 0 Å². The van der Waals surface area contributed by atoms with Gasteiger partial charge in [-0.15, -0.1) is 0 Å². The zero-order valence-electron chi connectivity index (χ0n) is 14.6. The topological polar surface area (TPSA) is 162 Å². The van der Waals surface area contributed by atoms with Gasteiger partial charge in [0, 0.05) is 22.3 Å². The highest BCUT2D eigenvalue weighted by atomic mass is 32.2. The minimum Gasteiger partial charge on any atom is -0.313 e. The van der Waals surface area contributed by atoms with Gasteiger partial charge >= 0.3 is 15.5 Å². The first-order valence-electron chi connectivity index (χ1n) is 7.51. The van der Waals surface area contributed by atoms with Crippen LogP contribution in [0.2, 0.25) is 0 Å². The van der Waals surface area contributed by atoms with Crippen molar-refractivity contribution in [2.24, 2.45) is 11.0 Å². The van der Waals surface area contributed by atoms with Crippen molar-refractivity contribution < 1.29 is 32.2 Å². The third kappa shape index (κ3) is 14.7. The highest BCUT2D eigenvalue weighted by Crippen LogP contribution is 2.40. The van der Waals surface area contributed by atoms with E-state index in [2.05, 4.69) is 0 Å². The van der Waals surface area contributed by atoms with Gasteiger partial charge in [-0.05, 0) is 53.4 Å².